The quantitative estimate of drug-likeness (QED) is 0.671. The molecule has 4 rings (SSSR count). The zero-order valence-electron chi connectivity index (χ0n) is 14.1. The van der Waals surface area contributed by atoms with Crippen molar-refractivity contribution in [1.29, 1.82) is 0 Å². The van der Waals surface area contributed by atoms with Gasteiger partial charge in [0.1, 0.15) is 0 Å². The molecule has 0 radical (unpaired) electrons. The van der Waals surface area contributed by atoms with Crippen LogP contribution in [0.25, 0.3) is 11.0 Å². The highest BCUT2D eigenvalue weighted by atomic mass is 32.2. The number of nitrogens with zero attached hydrogens (tertiary/aromatic N) is 2. The molecule has 0 amide bonds. The van der Waals surface area contributed by atoms with E-state index < -0.39 is 21.1 Å². The molecule has 26 heavy (non-hydrogen) atoms. The number of hydrogen-bond acceptors (Lipinski definition) is 4. The van der Waals surface area contributed by atoms with E-state index in [0.29, 0.717) is 25.0 Å². The van der Waals surface area contributed by atoms with Crippen molar-refractivity contribution in [3.05, 3.63) is 62.9 Å². The first kappa shape index (κ1) is 16.8. The van der Waals surface area contributed by atoms with Gasteiger partial charge in [-0.3, -0.25) is 9.59 Å². The third kappa shape index (κ3) is 2.51. The summed E-state index contributed by atoms with van der Waals surface area (Å²) in [6, 6.07) is 7.96. The number of aromatic amines is 2. The molecule has 0 saturated heterocycles. The predicted octanol–water partition coefficient (Wildman–Crippen LogP) is 1.17. The Morgan fingerprint density at radius 2 is 1.81 bits per heavy atom. The van der Waals surface area contributed by atoms with Gasteiger partial charge in [0.15, 0.2) is 0 Å². The smallest absolute Gasteiger partial charge is 0.314 e. The molecular weight excluding hydrogens is 356 g/mol. The fraction of sp³-hybridized carbons (Fsp3) is 0.294. The van der Waals surface area contributed by atoms with Crippen molar-refractivity contribution in [2.24, 2.45) is 0 Å². The van der Waals surface area contributed by atoms with E-state index in [1.54, 1.807) is 0 Å². The Labute approximate surface area is 149 Å². The van der Waals surface area contributed by atoms with Crippen LogP contribution in [0.3, 0.4) is 0 Å². The highest BCUT2D eigenvalue weighted by Crippen LogP contribution is 2.33. The van der Waals surface area contributed by atoms with Gasteiger partial charge in [0.25, 0.3) is 0 Å². The zero-order valence-corrected chi connectivity index (χ0v) is 14.9. The Morgan fingerprint density at radius 1 is 1.08 bits per heavy atom. The predicted molar refractivity (Wildman–Crippen MR) is 96.5 cm³/mol. The third-order valence-corrected chi connectivity index (χ3v) is 6.71. The fourth-order valence-corrected chi connectivity index (χ4v) is 5.23. The Hall–Kier alpha value is -2.65. The average Bonchev–Trinajstić information content (AvgIpc) is 3.10. The second kappa shape index (κ2) is 5.96. The number of fused-ring (bicyclic) bond motifs is 2. The fourth-order valence-electron chi connectivity index (χ4n) is 3.53. The van der Waals surface area contributed by atoms with Gasteiger partial charge in [-0.25, -0.2) is 8.42 Å². The molecule has 3 aromatic rings. The van der Waals surface area contributed by atoms with Gasteiger partial charge < -0.3 is 14.5 Å². The minimum atomic E-state index is -3.75. The molecule has 1 aromatic carbocycles. The van der Waals surface area contributed by atoms with Crippen LogP contribution < -0.4 is 11.1 Å². The van der Waals surface area contributed by atoms with Crippen molar-refractivity contribution in [2.45, 2.75) is 30.8 Å². The number of rotatable bonds is 3. The molecule has 1 aliphatic rings. The maximum atomic E-state index is 13.2. The lowest BCUT2D eigenvalue weighted by Crippen LogP contribution is -2.41. The summed E-state index contributed by atoms with van der Waals surface area (Å²) in [6.07, 6.45) is 2.61. The molecule has 0 fully saturated rings. The number of aromatic nitrogens is 3. The van der Waals surface area contributed by atoms with Crippen molar-refractivity contribution in [2.75, 3.05) is 6.54 Å². The number of nitrogens with one attached hydrogen (secondary N) is 2. The van der Waals surface area contributed by atoms with Crippen LogP contribution >= 0.6 is 0 Å². The maximum Gasteiger partial charge on any atom is 0.314 e. The lowest BCUT2D eigenvalue weighted by Gasteiger charge is -2.35. The van der Waals surface area contributed by atoms with Gasteiger partial charge in [-0.05, 0) is 36.8 Å². The number of H-pyrrole nitrogens is 2. The number of benzene rings is 1. The molecule has 9 heteroatoms. The first-order valence-electron chi connectivity index (χ1n) is 8.35. The van der Waals surface area contributed by atoms with Crippen molar-refractivity contribution in [3.8, 4) is 0 Å². The van der Waals surface area contributed by atoms with E-state index in [-0.39, 0.29) is 16.5 Å². The second-order valence-electron chi connectivity index (χ2n) is 6.28. The van der Waals surface area contributed by atoms with E-state index in [4.69, 9.17) is 0 Å². The molecule has 1 aliphatic heterocycles. The zero-order chi connectivity index (χ0) is 18.5. The Balaban J connectivity index is 1.81. The summed E-state index contributed by atoms with van der Waals surface area (Å²) in [5, 5.41) is 0. The molecule has 0 spiro atoms. The van der Waals surface area contributed by atoms with E-state index in [0.717, 1.165) is 5.69 Å². The van der Waals surface area contributed by atoms with Crippen molar-refractivity contribution in [3.63, 3.8) is 0 Å². The first-order valence-corrected chi connectivity index (χ1v) is 9.79. The Kier molecular flexibility index (Phi) is 3.85. The second-order valence-corrected chi connectivity index (χ2v) is 8.17. The van der Waals surface area contributed by atoms with Crippen molar-refractivity contribution < 1.29 is 8.42 Å². The monoisotopic (exact) mass is 374 g/mol. The van der Waals surface area contributed by atoms with E-state index in [1.807, 2.05) is 25.3 Å². The largest absolute Gasteiger partial charge is 0.349 e. The van der Waals surface area contributed by atoms with Crippen LogP contribution in [0, 0.1) is 0 Å². The highest BCUT2D eigenvalue weighted by molar-refractivity contribution is 7.89. The molecular formula is C17H18N4O4S. The van der Waals surface area contributed by atoms with Gasteiger partial charge in [-0.2, -0.15) is 4.31 Å². The summed E-state index contributed by atoms with van der Waals surface area (Å²) < 4.78 is 30.1. The van der Waals surface area contributed by atoms with Crippen LogP contribution in [0.5, 0.6) is 0 Å². The molecule has 0 bridgehead atoms. The lowest BCUT2D eigenvalue weighted by atomic mass is 10.1. The van der Waals surface area contributed by atoms with E-state index in [2.05, 4.69) is 14.5 Å². The van der Waals surface area contributed by atoms with E-state index in [1.165, 1.54) is 22.5 Å². The van der Waals surface area contributed by atoms with Crippen LogP contribution in [-0.2, 0) is 16.6 Å². The summed E-state index contributed by atoms with van der Waals surface area (Å²) >= 11 is 0. The summed E-state index contributed by atoms with van der Waals surface area (Å²) in [6.45, 7) is 2.93. The Bertz CT molecular complexity index is 1210. The van der Waals surface area contributed by atoms with Gasteiger partial charge in [0.2, 0.25) is 10.0 Å². The van der Waals surface area contributed by atoms with Crippen LogP contribution in [0.15, 0.2) is 51.0 Å². The van der Waals surface area contributed by atoms with Gasteiger partial charge in [0, 0.05) is 25.0 Å². The topological polar surface area (TPSA) is 108 Å². The highest BCUT2D eigenvalue weighted by Gasteiger charge is 2.35. The van der Waals surface area contributed by atoms with Gasteiger partial charge in [-0.1, -0.05) is 6.92 Å². The van der Waals surface area contributed by atoms with E-state index in [9.17, 15) is 18.0 Å². The molecule has 8 nitrogen and oxygen atoms in total. The summed E-state index contributed by atoms with van der Waals surface area (Å²) in [7, 11) is -3.75. The summed E-state index contributed by atoms with van der Waals surface area (Å²) in [5.74, 6) is 0. The summed E-state index contributed by atoms with van der Waals surface area (Å²) in [4.78, 5) is 27.9. The standard InChI is InChI=1S/C17H18N4O4S/c1-2-14-15-4-3-7-20(15)8-9-21(14)26(24,25)11-5-6-12-13(10-11)19-17(23)16(22)18-12/h3-7,10,14H,2,8-9H2,1H3,(H,18,22)(H,19,23). The third-order valence-electron chi connectivity index (χ3n) is 4.80. The van der Waals surface area contributed by atoms with Gasteiger partial charge in [-0.15, -0.1) is 0 Å². The van der Waals surface area contributed by atoms with Crippen LogP contribution in [0.2, 0.25) is 0 Å². The number of sulfonamides is 1. The molecule has 2 N–H and O–H groups in total. The van der Waals surface area contributed by atoms with Crippen molar-refractivity contribution >= 4 is 21.1 Å². The maximum absolute atomic E-state index is 13.2. The minimum Gasteiger partial charge on any atom is -0.349 e. The van der Waals surface area contributed by atoms with Crippen LogP contribution in [0.4, 0.5) is 0 Å². The van der Waals surface area contributed by atoms with E-state index >= 15 is 0 Å². The first-order chi connectivity index (χ1) is 12.4. The van der Waals surface area contributed by atoms with Crippen LogP contribution in [0.1, 0.15) is 25.1 Å². The Morgan fingerprint density at radius 3 is 2.54 bits per heavy atom. The minimum absolute atomic E-state index is 0.0890. The molecule has 3 heterocycles. The average molecular weight is 374 g/mol. The lowest BCUT2D eigenvalue weighted by molar-refractivity contribution is 0.260. The van der Waals surface area contributed by atoms with Crippen molar-refractivity contribution in [1.82, 2.24) is 18.8 Å². The molecule has 0 aliphatic carbocycles. The molecule has 2 aromatic heterocycles. The van der Waals surface area contributed by atoms with Gasteiger partial charge >= 0.3 is 11.1 Å². The van der Waals surface area contributed by atoms with Gasteiger partial charge in [0.05, 0.1) is 22.0 Å². The normalized spacial score (nSPS) is 18.1. The summed E-state index contributed by atoms with van der Waals surface area (Å²) in [5.41, 5.74) is 0.0586. The SMILES string of the molecule is CCC1c2cccn2CCN1S(=O)(=O)c1ccc2[nH]c(=O)c(=O)[nH]c2c1. The number of hydrogen-bond donors (Lipinski definition) is 2. The molecule has 1 atom stereocenters. The molecule has 136 valence electrons. The molecule has 1 unspecified atom stereocenters. The van der Waals surface area contributed by atoms with Crippen LogP contribution in [-0.4, -0.2) is 33.8 Å². The molecule has 0 saturated carbocycles.